The zero-order valence-electron chi connectivity index (χ0n) is 42.5. The van der Waals surface area contributed by atoms with E-state index in [0.717, 1.165) is 11.0 Å². The Bertz CT molecular complexity index is 2030. The van der Waals surface area contributed by atoms with Gasteiger partial charge in [0.25, 0.3) is 0 Å². The molecule has 5 heterocycles. The number of benzene rings is 1. The number of fused-ring (bicyclic) bond motifs is 2. The molecule has 4 N–H and O–H groups in total. The number of carbonyl (C=O) groups is 3. The zero-order chi connectivity index (χ0) is 50.0. The number of esters is 1. The van der Waals surface area contributed by atoms with Gasteiger partial charge >= 0.3 is 12.1 Å². The maximum atomic E-state index is 15.0. The Morgan fingerprint density at radius 1 is 0.956 bits per heavy atom. The van der Waals surface area contributed by atoms with Crippen molar-refractivity contribution < 1.29 is 62.5 Å². The van der Waals surface area contributed by atoms with Crippen LogP contribution >= 0.6 is 0 Å². The molecular weight excluding hydrogens is 883 g/mol. The quantitative estimate of drug-likeness (QED) is 0.166. The summed E-state index contributed by atoms with van der Waals surface area (Å²) in [7, 11) is 6.83. The molecule has 1 unspecified atom stereocenters. The number of nitrogens with one attached hydrogen (secondary N) is 2. The number of hydrazine groups is 1. The molecule has 4 aliphatic heterocycles. The second kappa shape index (κ2) is 21.8. The van der Waals surface area contributed by atoms with Crippen LogP contribution in [0.15, 0.2) is 24.3 Å². The van der Waals surface area contributed by atoms with Crippen molar-refractivity contribution in [3.05, 3.63) is 24.3 Å². The van der Waals surface area contributed by atoms with E-state index < -0.39 is 108 Å². The van der Waals surface area contributed by atoms with Crippen molar-refractivity contribution in [1.82, 2.24) is 35.6 Å². The van der Waals surface area contributed by atoms with Crippen molar-refractivity contribution in [3.63, 3.8) is 0 Å². The fraction of sp³-hybridized carbons (Fsp3) is 0.812. The summed E-state index contributed by atoms with van der Waals surface area (Å²) in [5.41, 5.74) is 1.12. The average molecular weight is 962 g/mol. The van der Waals surface area contributed by atoms with E-state index in [1.807, 2.05) is 71.0 Å². The van der Waals surface area contributed by atoms with E-state index in [1.165, 1.54) is 19.2 Å². The van der Waals surface area contributed by atoms with Gasteiger partial charge in [0.2, 0.25) is 5.91 Å². The normalized spacial score (nSPS) is 41.2. The number of likely N-dealkylation sites (N-methyl/N-ethyl adjacent to an activating group) is 1. The highest BCUT2D eigenvalue weighted by Gasteiger charge is 2.60. The lowest BCUT2D eigenvalue weighted by Gasteiger charge is -2.49. The van der Waals surface area contributed by atoms with E-state index in [1.54, 1.807) is 46.2 Å². The molecule has 0 spiro atoms. The number of rotatable bonds is 13. The van der Waals surface area contributed by atoms with Crippen LogP contribution in [-0.4, -0.2) is 178 Å². The Balaban J connectivity index is 1.38. The Kier molecular flexibility index (Phi) is 17.3. The van der Waals surface area contributed by atoms with Gasteiger partial charge in [-0.1, -0.05) is 38.1 Å². The summed E-state index contributed by atoms with van der Waals surface area (Å²) in [5.74, 6) is -3.47. The zero-order valence-corrected chi connectivity index (χ0v) is 42.5. The summed E-state index contributed by atoms with van der Waals surface area (Å²) in [4.78, 5) is 45.5. The fourth-order valence-electron chi connectivity index (χ4n) is 11.0. The Hall–Kier alpha value is -3.57. The van der Waals surface area contributed by atoms with E-state index in [0.29, 0.717) is 25.9 Å². The number of nitrogens with zero attached hydrogens (tertiary/aromatic N) is 5. The molecule has 1 aromatic heterocycles. The van der Waals surface area contributed by atoms with Crippen LogP contribution in [0.25, 0.3) is 11.0 Å². The Labute approximate surface area is 401 Å². The van der Waals surface area contributed by atoms with Crippen molar-refractivity contribution in [3.8, 4) is 0 Å². The first-order chi connectivity index (χ1) is 32.0. The number of hydrogen-bond donors (Lipinski definition) is 4. The number of carbonyl (C=O) groups excluding carboxylic acids is 3. The molecule has 384 valence electrons. The van der Waals surface area contributed by atoms with Crippen LogP contribution in [0.3, 0.4) is 0 Å². The van der Waals surface area contributed by atoms with Gasteiger partial charge in [-0.05, 0) is 100 Å². The molecule has 0 radical (unpaired) electrons. The van der Waals surface area contributed by atoms with Crippen LogP contribution in [0.5, 0.6) is 0 Å². The molecule has 0 aliphatic carbocycles. The van der Waals surface area contributed by atoms with Gasteiger partial charge in [-0.2, -0.15) is 0 Å². The van der Waals surface area contributed by atoms with Gasteiger partial charge < -0.3 is 58.3 Å². The molecule has 6 rings (SSSR count). The van der Waals surface area contributed by atoms with Crippen LogP contribution in [0, 0.1) is 17.8 Å². The van der Waals surface area contributed by atoms with Gasteiger partial charge in [0.15, 0.2) is 18.2 Å². The van der Waals surface area contributed by atoms with Crippen LogP contribution in [0.1, 0.15) is 101 Å². The van der Waals surface area contributed by atoms with E-state index in [9.17, 15) is 24.6 Å². The first-order valence-electron chi connectivity index (χ1n) is 24.3. The second-order valence-corrected chi connectivity index (χ2v) is 20.5. The maximum Gasteiger partial charge on any atom is 0.425 e. The van der Waals surface area contributed by atoms with E-state index >= 15 is 0 Å². The summed E-state index contributed by atoms with van der Waals surface area (Å²) in [6, 6.07) is 5.77. The molecule has 20 heteroatoms. The third kappa shape index (κ3) is 11.0. The van der Waals surface area contributed by atoms with Crippen molar-refractivity contribution >= 4 is 29.0 Å². The molecule has 20 nitrogen and oxygen atoms in total. The molecule has 4 aliphatic rings. The fourth-order valence-corrected chi connectivity index (χ4v) is 11.0. The number of ether oxygens (including phenoxy) is 8. The van der Waals surface area contributed by atoms with Crippen LogP contribution in [0.2, 0.25) is 0 Å². The largest absolute Gasteiger partial charge is 0.458 e. The Morgan fingerprint density at radius 2 is 1.65 bits per heavy atom. The van der Waals surface area contributed by atoms with Gasteiger partial charge in [0.05, 0.1) is 53.1 Å². The molecule has 68 heavy (non-hydrogen) atoms. The van der Waals surface area contributed by atoms with E-state index in [4.69, 9.17) is 37.9 Å². The monoisotopic (exact) mass is 962 g/mol. The number of aryl methyl sites for hydroxylation is 1. The lowest BCUT2D eigenvalue weighted by molar-refractivity contribution is -0.319. The SMILES string of the molecule is CC[C@@H]1OC(=O)[C@H](C)[C@@H](O[C@H]2C[C@@](C)(OC)[C@@H](O)[C@H](C)O2)[C@H](C)[C@H](O[C@@H]2O[C@H](C)C[C@H](N(C)C)[C@H]2O)[C@@](C)(OC)C[C@@H](C)C(=O)NC(C)[C@H]2N(NCCCn3nnc4ccccc43)C(=O)O[C@]12C. The molecule has 0 bridgehead atoms. The minimum Gasteiger partial charge on any atom is -0.458 e. The minimum atomic E-state index is -1.46. The van der Waals surface area contributed by atoms with Gasteiger partial charge in [-0.25, -0.2) is 19.9 Å². The molecule has 2 aromatic rings. The number of cyclic esters (lactones) is 1. The summed E-state index contributed by atoms with van der Waals surface area (Å²) >= 11 is 0. The molecule has 2 amide bonds. The number of aromatic nitrogens is 3. The van der Waals surface area contributed by atoms with Crippen molar-refractivity contribution in [2.75, 3.05) is 34.9 Å². The minimum absolute atomic E-state index is 0.108. The third-order valence-corrected chi connectivity index (χ3v) is 15.2. The lowest BCUT2D eigenvalue weighted by atomic mass is 9.77. The number of aliphatic hydroxyl groups is 2. The third-order valence-electron chi connectivity index (χ3n) is 15.2. The van der Waals surface area contributed by atoms with Gasteiger partial charge in [0.1, 0.15) is 29.9 Å². The summed E-state index contributed by atoms with van der Waals surface area (Å²) in [6.45, 7) is 18.8. The summed E-state index contributed by atoms with van der Waals surface area (Å²) < 4.78 is 53.3. The molecule has 4 saturated heterocycles. The number of para-hydroxylation sites is 1. The number of amides is 2. The molecule has 0 saturated carbocycles. The topological polar surface area (TPSA) is 227 Å². The van der Waals surface area contributed by atoms with Crippen molar-refractivity contribution in [2.45, 2.75) is 198 Å². The highest BCUT2D eigenvalue weighted by molar-refractivity contribution is 5.79. The standard InChI is InChI=1S/C48H79N7O13/c1-15-35-48(10)39(55(45(60)68-48)49-21-18-22-54-33-20-17-16-19-32(33)51-52-54)30(6)50-42(58)26(2)24-47(9,62-14)41(67-44-37(56)34(53(11)12)23-27(3)63-44)28(4)38(29(5)43(59)65-35)66-36-25-46(8,61-13)40(57)31(7)64-36/h16-17,19-20,26-31,34-41,44,49,56-57H,15,18,21-25H2,1-14H3,(H,50,58)/t26-,27-,28+,29-,30?,31+,34+,35+,36+,37-,38+,39-,40+,41+,44+,46-,47+,48-/m1/s1. The number of methoxy groups -OCH3 is 2. The second-order valence-electron chi connectivity index (χ2n) is 20.5. The van der Waals surface area contributed by atoms with Crippen molar-refractivity contribution in [2.24, 2.45) is 17.8 Å². The molecular formula is C48H79N7O13. The smallest absolute Gasteiger partial charge is 0.425 e. The molecule has 1 aromatic carbocycles. The van der Waals surface area contributed by atoms with Gasteiger partial charge in [0, 0.05) is 51.6 Å². The summed E-state index contributed by atoms with van der Waals surface area (Å²) in [6.07, 6.45) is -7.28. The van der Waals surface area contributed by atoms with Crippen molar-refractivity contribution in [1.29, 1.82) is 0 Å². The van der Waals surface area contributed by atoms with Crippen LogP contribution < -0.4 is 10.7 Å². The van der Waals surface area contributed by atoms with Crippen LogP contribution in [-0.2, 0) is 54.0 Å². The van der Waals surface area contributed by atoms with Crippen LogP contribution in [0.4, 0.5) is 4.79 Å². The first kappa shape index (κ1) is 53.8. The summed E-state index contributed by atoms with van der Waals surface area (Å²) in [5, 5.41) is 36.0. The number of hydrogen-bond acceptors (Lipinski definition) is 17. The molecule has 4 fully saturated rings. The highest BCUT2D eigenvalue weighted by Crippen LogP contribution is 2.42. The predicted octanol–water partition coefficient (Wildman–Crippen LogP) is 3.55. The maximum absolute atomic E-state index is 15.0. The predicted molar refractivity (Wildman–Crippen MR) is 249 cm³/mol. The molecule has 18 atom stereocenters. The average Bonchev–Trinajstić information content (AvgIpc) is 3.83. The highest BCUT2D eigenvalue weighted by atomic mass is 16.7. The number of aliphatic hydroxyl groups excluding tert-OH is 2. The van der Waals surface area contributed by atoms with Gasteiger partial charge in [-0.3, -0.25) is 9.59 Å². The first-order valence-corrected chi connectivity index (χ1v) is 24.3. The van der Waals surface area contributed by atoms with E-state index in [2.05, 4.69) is 21.1 Å². The van der Waals surface area contributed by atoms with Gasteiger partial charge in [-0.15, -0.1) is 5.10 Å². The van der Waals surface area contributed by atoms with E-state index in [-0.39, 0.29) is 37.3 Å². The lowest BCUT2D eigenvalue weighted by Crippen LogP contribution is -2.63. The Morgan fingerprint density at radius 3 is 2.31 bits per heavy atom.